The molecule has 1 aromatic carbocycles. The van der Waals surface area contributed by atoms with E-state index in [0.29, 0.717) is 23.6 Å². The Bertz CT molecular complexity index is 927. The molecule has 0 atom stereocenters. The van der Waals surface area contributed by atoms with E-state index in [9.17, 15) is 18.0 Å². The van der Waals surface area contributed by atoms with E-state index in [2.05, 4.69) is 25.8 Å². The Labute approximate surface area is 154 Å². The lowest BCUT2D eigenvalue weighted by molar-refractivity contribution is -0.138. The number of aromatic nitrogens is 3. The van der Waals surface area contributed by atoms with Crippen molar-refractivity contribution in [1.29, 1.82) is 0 Å². The highest BCUT2D eigenvalue weighted by Gasteiger charge is 2.35. The summed E-state index contributed by atoms with van der Waals surface area (Å²) in [5.74, 6) is 0.776. The van der Waals surface area contributed by atoms with Crippen LogP contribution in [0.5, 0.6) is 5.75 Å². The summed E-state index contributed by atoms with van der Waals surface area (Å²) in [4.78, 5) is 16.2. The van der Waals surface area contributed by atoms with Gasteiger partial charge in [0.15, 0.2) is 0 Å². The van der Waals surface area contributed by atoms with Gasteiger partial charge in [0.25, 0.3) is 0 Å². The first-order valence-electron chi connectivity index (χ1n) is 7.52. The van der Waals surface area contributed by atoms with E-state index < -0.39 is 17.2 Å². The van der Waals surface area contributed by atoms with Crippen LogP contribution in [-0.4, -0.2) is 27.8 Å². The number of amides is 2. The number of nitrogens with zero attached hydrogens (tertiary/aromatic N) is 3. The second kappa shape index (κ2) is 7.61. The highest BCUT2D eigenvalue weighted by Crippen LogP contribution is 2.34. The lowest BCUT2D eigenvalue weighted by Gasteiger charge is -2.11. The van der Waals surface area contributed by atoms with E-state index in [0.717, 1.165) is 0 Å². The summed E-state index contributed by atoms with van der Waals surface area (Å²) in [5.41, 5.74) is 0.758. The maximum absolute atomic E-state index is 12.5. The number of urea groups is 1. The summed E-state index contributed by atoms with van der Waals surface area (Å²) in [6.45, 7) is 2.26. The molecule has 0 saturated carbocycles. The van der Waals surface area contributed by atoms with Gasteiger partial charge in [-0.15, -0.1) is 10.2 Å². The van der Waals surface area contributed by atoms with Gasteiger partial charge in [0.1, 0.15) is 12.0 Å². The minimum Gasteiger partial charge on any atom is -0.494 e. The average molecular weight is 399 g/mol. The number of hydrogen-bond acceptors (Lipinski definition) is 7. The Kier molecular flexibility index (Phi) is 5.26. The molecule has 0 bridgehead atoms. The molecule has 0 aliphatic rings. The van der Waals surface area contributed by atoms with Crippen molar-refractivity contribution in [2.75, 3.05) is 17.2 Å². The van der Waals surface area contributed by atoms with Crippen LogP contribution in [0.1, 0.15) is 11.9 Å². The van der Waals surface area contributed by atoms with Crippen LogP contribution >= 0.6 is 11.3 Å². The summed E-state index contributed by atoms with van der Waals surface area (Å²) in [6.07, 6.45) is -1.82. The number of nitrogens with one attached hydrogen (secondary N) is 2. The van der Waals surface area contributed by atoms with Crippen molar-refractivity contribution >= 4 is 28.2 Å². The van der Waals surface area contributed by atoms with Gasteiger partial charge in [0.2, 0.25) is 16.0 Å². The minimum atomic E-state index is -4.62. The smallest absolute Gasteiger partial charge is 0.445 e. The van der Waals surface area contributed by atoms with Crippen LogP contribution in [0.4, 0.5) is 28.8 Å². The van der Waals surface area contributed by atoms with Crippen LogP contribution in [0, 0.1) is 0 Å². The molecule has 8 nitrogen and oxygen atoms in total. The monoisotopic (exact) mass is 399 g/mol. The van der Waals surface area contributed by atoms with E-state index in [1.54, 1.807) is 18.2 Å². The fourth-order valence-electron chi connectivity index (χ4n) is 2.06. The zero-order valence-corrected chi connectivity index (χ0v) is 14.5. The van der Waals surface area contributed by atoms with Crippen molar-refractivity contribution in [2.24, 2.45) is 0 Å². The predicted molar refractivity (Wildman–Crippen MR) is 90.7 cm³/mol. The van der Waals surface area contributed by atoms with Crippen LogP contribution in [0.25, 0.3) is 11.5 Å². The highest BCUT2D eigenvalue weighted by atomic mass is 32.1. The lowest BCUT2D eigenvalue weighted by atomic mass is 10.1. The summed E-state index contributed by atoms with van der Waals surface area (Å²) < 4.78 is 48.3. The number of rotatable bonds is 5. The third kappa shape index (κ3) is 4.53. The molecule has 2 amide bonds. The van der Waals surface area contributed by atoms with Crippen molar-refractivity contribution in [2.45, 2.75) is 13.1 Å². The van der Waals surface area contributed by atoms with Crippen LogP contribution in [0.3, 0.4) is 0 Å². The number of oxazole rings is 1. The SMILES string of the molecule is CCOc1ccc(NC(=O)Nc2nnc(C(F)(F)F)s2)c(-c2ncco2)c1. The Balaban J connectivity index is 1.78. The van der Waals surface area contributed by atoms with Gasteiger partial charge in [-0.1, -0.05) is 11.3 Å². The van der Waals surface area contributed by atoms with E-state index in [-0.39, 0.29) is 22.4 Å². The number of carbonyl (C=O) groups is 1. The standard InChI is InChI=1S/C15H12F3N5O3S/c1-2-25-8-3-4-10(9(7-8)11-19-5-6-26-11)20-13(24)21-14-23-22-12(27-14)15(16,17)18/h3-7H,2H2,1H3,(H2,20,21,23,24). The molecule has 0 fully saturated rings. The Morgan fingerprint density at radius 2 is 2.11 bits per heavy atom. The molecule has 3 rings (SSSR count). The Hall–Kier alpha value is -3.15. The van der Waals surface area contributed by atoms with Crippen LogP contribution in [0.2, 0.25) is 0 Å². The molecule has 27 heavy (non-hydrogen) atoms. The van der Waals surface area contributed by atoms with Gasteiger partial charge in [-0.05, 0) is 25.1 Å². The van der Waals surface area contributed by atoms with Crippen molar-refractivity contribution in [3.05, 3.63) is 35.7 Å². The van der Waals surface area contributed by atoms with Crippen molar-refractivity contribution in [3.8, 4) is 17.2 Å². The van der Waals surface area contributed by atoms with Gasteiger partial charge in [-0.3, -0.25) is 5.32 Å². The third-order valence-electron chi connectivity index (χ3n) is 3.10. The normalized spacial score (nSPS) is 11.3. The van der Waals surface area contributed by atoms with Gasteiger partial charge < -0.3 is 14.5 Å². The van der Waals surface area contributed by atoms with Gasteiger partial charge in [-0.2, -0.15) is 13.2 Å². The van der Waals surface area contributed by atoms with Crippen LogP contribution in [-0.2, 0) is 6.18 Å². The van der Waals surface area contributed by atoms with Crippen molar-refractivity contribution in [3.63, 3.8) is 0 Å². The average Bonchev–Trinajstić information content (AvgIpc) is 3.27. The Morgan fingerprint density at radius 1 is 1.30 bits per heavy atom. The van der Waals surface area contributed by atoms with E-state index >= 15 is 0 Å². The molecule has 0 unspecified atom stereocenters. The van der Waals surface area contributed by atoms with E-state index in [1.807, 2.05) is 6.92 Å². The minimum absolute atomic E-state index is 0.220. The number of halogens is 3. The van der Waals surface area contributed by atoms with Crippen molar-refractivity contribution < 1.29 is 27.1 Å². The first-order valence-corrected chi connectivity index (χ1v) is 8.34. The molecule has 142 valence electrons. The second-order valence-electron chi connectivity index (χ2n) is 4.97. The van der Waals surface area contributed by atoms with Gasteiger partial charge >= 0.3 is 12.2 Å². The number of anilines is 2. The largest absolute Gasteiger partial charge is 0.494 e. The van der Waals surface area contributed by atoms with Crippen LogP contribution < -0.4 is 15.4 Å². The molecule has 2 aromatic heterocycles. The molecule has 0 saturated heterocycles. The fraction of sp³-hybridized carbons (Fsp3) is 0.200. The zero-order chi connectivity index (χ0) is 19.4. The summed E-state index contributed by atoms with van der Waals surface area (Å²) in [7, 11) is 0. The molecule has 12 heteroatoms. The molecule has 0 spiro atoms. The third-order valence-corrected chi connectivity index (χ3v) is 3.98. The molecule has 3 aromatic rings. The number of ether oxygens (including phenoxy) is 1. The summed E-state index contributed by atoms with van der Waals surface area (Å²) >= 11 is 0.220. The quantitative estimate of drug-likeness (QED) is 0.665. The zero-order valence-electron chi connectivity index (χ0n) is 13.7. The van der Waals surface area contributed by atoms with Gasteiger partial charge in [0.05, 0.1) is 24.1 Å². The highest BCUT2D eigenvalue weighted by molar-refractivity contribution is 7.15. The number of alkyl halides is 3. The molecule has 0 aliphatic heterocycles. The van der Waals surface area contributed by atoms with Gasteiger partial charge in [-0.25, -0.2) is 9.78 Å². The fourth-order valence-corrected chi connectivity index (χ4v) is 2.67. The number of carbonyl (C=O) groups excluding carboxylic acids is 1. The topological polar surface area (TPSA) is 102 Å². The lowest BCUT2D eigenvalue weighted by Crippen LogP contribution is -2.19. The summed E-state index contributed by atoms with van der Waals surface area (Å²) in [6, 6.07) is 4.01. The molecule has 0 radical (unpaired) electrons. The summed E-state index contributed by atoms with van der Waals surface area (Å²) in [5, 5.41) is 9.58. The van der Waals surface area contributed by atoms with Crippen LogP contribution in [0.15, 0.2) is 35.1 Å². The number of benzene rings is 1. The molecular formula is C15H12F3N5O3S. The van der Waals surface area contributed by atoms with E-state index in [1.165, 1.54) is 12.5 Å². The van der Waals surface area contributed by atoms with E-state index in [4.69, 9.17) is 9.15 Å². The number of hydrogen-bond donors (Lipinski definition) is 2. The maximum Gasteiger partial charge on any atom is 0.445 e. The second-order valence-corrected chi connectivity index (χ2v) is 5.94. The molecular weight excluding hydrogens is 387 g/mol. The molecule has 2 N–H and O–H groups in total. The predicted octanol–water partition coefficient (Wildman–Crippen LogP) is 4.25. The van der Waals surface area contributed by atoms with Gasteiger partial charge in [0, 0.05) is 0 Å². The van der Waals surface area contributed by atoms with Crippen molar-refractivity contribution in [1.82, 2.24) is 15.2 Å². The first kappa shape index (κ1) is 18.6. The Morgan fingerprint density at radius 3 is 2.74 bits per heavy atom. The first-order chi connectivity index (χ1) is 12.9. The molecule has 0 aliphatic carbocycles. The maximum atomic E-state index is 12.5. The molecule has 2 heterocycles.